The van der Waals surface area contributed by atoms with Gasteiger partial charge in [0.1, 0.15) is 5.41 Å². The summed E-state index contributed by atoms with van der Waals surface area (Å²) in [5.74, 6) is -1.42. The second-order valence-corrected chi connectivity index (χ2v) is 10.9. The Kier molecular flexibility index (Phi) is 7.71. The summed E-state index contributed by atoms with van der Waals surface area (Å²) >= 11 is 0. The molecule has 0 spiro atoms. The van der Waals surface area contributed by atoms with Crippen LogP contribution in [0.3, 0.4) is 0 Å². The second-order valence-electron chi connectivity index (χ2n) is 10.9. The molecule has 1 aliphatic rings. The van der Waals surface area contributed by atoms with Crippen molar-refractivity contribution in [3.8, 4) is 11.9 Å². The van der Waals surface area contributed by atoms with E-state index in [-0.39, 0.29) is 24.5 Å². The summed E-state index contributed by atoms with van der Waals surface area (Å²) in [4.78, 5) is 47.6. The van der Waals surface area contributed by atoms with Crippen molar-refractivity contribution in [2.75, 3.05) is 18.4 Å². The monoisotopic (exact) mass is 567 g/mol. The van der Waals surface area contributed by atoms with Crippen LogP contribution in [-0.4, -0.2) is 55.3 Å². The lowest BCUT2D eigenvalue weighted by molar-refractivity contribution is -0.149. The molecule has 214 valence electrons. The standard InChI is InChI=1S/C28H28F3N7O3/c1-17-20(15-35-38(17)22-8-5-18(13-34-22)28(29,30)31)24(40)36-19-6-7-21(33-14-19)27(16-32)9-11-37(12-10-27)25(41)23(39)26(2,3)4/h5-8,13-15H,9-12H2,1-4H3,(H,36,40). The number of halogens is 3. The maximum Gasteiger partial charge on any atom is 0.417 e. The van der Waals surface area contributed by atoms with E-state index in [0.717, 1.165) is 6.07 Å². The molecule has 1 N–H and O–H groups in total. The third-order valence-electron chi connectivity index (χ3n) is 7.05. The van der Waals surface area contributed by atoms with Gasteiger partial charge in [-0.1, -0.05) is 20.8 Å². The number of Topliss-reactive ketones (excluding diaryl/α,β-unsaturated/α-hetero) is 1. The van der Waals surface area contributed by atoms with Crippen molar-refractivity contribution in [3.63, 3.8) is 0 Å². The first kappa shape index (κ1) is 29.4. The second kappa shape index (κ2) is 10.8. The third kappa shape index (κ3) is 5.96. The molecule has 2 amide bonds. The van der Waals surface area contributed by atoms with Crippen LogP contribution in [0.4, 0.5) is 18.9 Å². The number of carbonyl (C=O) groups excluding carboxylic acids is 3. The van der Waals surface area contributed by atoms with Gasteiger partial charge in [-0.3, -0.25) is 19.4 Å². The number of pyridine rings is 2. The number of anilines is 1. The molecular formula is C28H28F3N7O3. The van der Waals surface area contributed by atoms with Crippen LogP contribution in [0.25, 0.3) is 5.82 Å². The van der Waals surface area contributed by atoms with Crippen molar-refractivity contribution in [2.24, 2.45) is 5.41 Å². The van der Waals surface area contributed by atoms with E-state index < -0.39 is 40.2 Å². The van der Waals surface area contributed by atoms with Crippen LogP contribution in [0.15, 0.2) is 42.9 Å². The van der Waals surface area contributed by atoms with Gasteiger partial charge >= 0.3 is 6.18 Å². The van der Waals surface area contributed by atoms with Crippen molar-refractivity contribution in [1.82, 2.24) is 24.6 Å². The molecule has 1 fully saturated rings. The molecule has 0 radical (unpaired) electrons. The average molecular weight is 568 g/mol. The fourth-order valence-electron chi connectivity index (χ4n) is 4.47. The lowest BCUT2D eigenvalue weighted by Crippen LogP contribution is -2.49. The maximum atomic E-state index is 12.9. The zero-order chi connectivity index (χ0) is 30.2. The van der Waals surface area contributed by atoms with Gasteiger partial charge in [-0.15, -0.1) is 0 Å². The van der Waals surface area contributed by atoms with E-state index in [1.54, 1.807) is 39.8 Å². The van der Waals surface area contributed by atoms with Crippen molar-refractivity contribution in [1.29, 1.82) is 5.26 Å². The Morgan fingerprint density at radius 3 is 2.20 bits per heavy atom. The Bertz CT molecular complexity index is 1510. The normalized spacial score (nSPS) is 15.2. The third-order valence-corrected chi connectivity index (χ3v) is 7.05. The molecule has 0 bridgehead atoms. The molecule has 3 aromatic rings. The molecule has 0 saturated carbocycles. The summed E-state index contributed by atoms with van der Waals surface area (Å²) in [5, 5.41) is 16.8. The van der Waals surface area contributed by atoms with E-state index in [9.17, 15) is 32.8 Å². The van der Waals surface area contributed by atoms with E-state index in [4.69, 9.17) is 0 Å². The first-order chi connectivity index (χ1) is 19.2. The minimum Gasteiger partial charge on any atom is -0.336 e. The molecule has 0 aromatic carbocycles. The highest BCUT2D eigenvalue weighted by molar-refractivity contribution is 6.37. The molecule has 1 aliphatic heterocycles. The topological polar surface area (TPSA) is 134 Å². The lowest BCUT2D eigenvalue weighted by Gasteiger charge is -2.37. The molecule has 10 nitrogen and oxygen atoms in total. The molecule has 13 heteroatoms. The fraction of sp³-hybridized carbons (Fsp3) is 0.393. The van der Waals surface area contributed by atoms with Crippen molar-refractivity contribution < 1.29 is 27.6 Å². The minimum absolute atomic E-state index is 0.123. The molecule has 4 heterocycles. The van der Waals surface area contributed by atoms with Gasteiger partial charge in [-0.25, -0.2) is 9.67 Å². The van der Waals surface area contributed by atoms with E-state index in [0.29, 0.717) is 36.1 Å². The average Bonchev–Trinajstić information content (AvgIpc) is 3.33. The van der Waals surface area contributed by atoms with Crippen molar-refractivity contribution >= 4 is 23.3 Å². The van der Waals surface area contributed by atoms with Crippen molar-refractivity contribution in [2.45, 2.75) is 52.1 Å². The quantitative estimate of drug-likeness (QED) is 0.456. The number of hydrogen-bond donors (Lipinski definition) is 1. The largest absolute Gasteiger partial charge is 0.417 e. The first-order valence-corrected chi connectivity index (χ1v) is 12.8. The summed E-state index contributed by atoms with van der Waals surface area (Å²) in [7, 11) is 0. The van der Waals surface area contributed by atoms with E-state index >= 15 is 0 Å². The Morgan fingerprint density at radius 1 is 1.00 bits per heavy atom. The number of amides is 2. The Labute approximate surface area is 234 Å². The number of hydrogen-bond acceptors (Lipinski definition) is 7. The number of rotatable bonds is 5. The summed E-state index contributed by atoms with van der Waals surface area (Å²) in [6.45, 7) is 7.13. The smallest absolute Gasteiger partial charge is 0.336 e. The number of piperidine rings is 1. The number of carbonyl (C=O) groups is 3. The van der Waals surface area contributed by atoms with Crippen LogP contribution >= 0.6 is 0 Å². The molecular weight excluding hydrogens is 539 g/mol. The summed E-state index contributed by atoms with van der Waals surface area (Å²) < 4.78 is 39.8. The molecule has 4 rings (SSSR count). The van der Waals surface area contributed by atoms with E-state index in [2.05, 4.69) is 26.5 Å². The number of nitriles is 1. The molecule has 41 heavy (non-hydrogen) atoms. The van der Waals surface area contributed by atoms with Crippen LogP contribution in [0, 0.1) is 23.7 Å². The van der Waals surface area contributed by atoms with Gasteiger partial charge < -0.3 is 10.2 Å². The Hall–Kier alpha value is -4.60. The van der Waals surface area contributed by atoms with Gasteiger partial charge in [0.15, 0.2) is 5.82 Å². The van der Waals surface area contributed by atoms with Crippen LogP contribution in [0.2, 0.25) is 0 Å². The first-order valence-electron chi connectivity index (χ1n) is 12.8. The van der Waals surface area contributed by atoms with Gasteiger partial charge in [0.05, 0.1) is 46.7 Å². The summed E-state index contributed by atoms with van der Waals surface area (Å²) in [6.07, 6.45) is -0.497. The Balaban J connectivity index is 1.43. The van der Waals surface area contributed by atoms with Gasteiger partial charge in [-0.2, -0.15) is 23.5 Å². The number of alkyl halides is 3. The van der Waals surface area contributed by atoms with Crippen LogP contribution < -0.4 is 5.32 Å². The van der Waals surface area contributed by atoms with E-state index in [1.165, 1.54) is 28.0 Å². The number of aromatic nitrogens is 4. The summed E-state index contributed by atoms with van der Waals surface area (Å²) in [5.41, 5.74) is -1.23. The predicted octanol–water partition coefficient (Wildman–Crippen LogP) is 4.24. The van der Waals surface area contributed by atoms with Crippen LogP contribution in [0.5, 0.6) is 0 Å². The zero-order valence-corrected chi connectivity index (χ0v) is 22.9. The molecule has 3 aromatic heterocycles. The fourth-order valence-corrected chi connectivity index (χ4v) is 4.47. The number of nitrogens with zero attached hydrogens (tertiary/aromatic N) is 6. The predicted molar refractivity (Wildman–Crippen MR) is 141 cm³/mol. The van der Waals surface area contributed by atoms with Gasteiger partial charge in [0.25, 0.3) is 11.8 Å². The van der Waals surface area contributed by atoms with Gasteiger partial charge in [0.2, 0.25) is 5.78 Å². The Morgan fingerprint density at radius 2 is 1.68 bits per heavy atom. The zero-order valence-electron chi connectivity index (χ0n) is 22.9. The highest BCUT2D eigenvalue weighted by atomic mass is 19.4. The maximum absolute atomic E-state index is 12.9. The van der Waals surface area contributed by atoms with Crippen LogP contribution in [0.1, 0.15) is 60.9 Å². The number of likely N-dealkylation sites (tertiary alicyclic amines) is 1. The lowest BCUT2D eigenvalue weighted by atomic mass is 9.76. The molecule has 0 aliphatic carbocycles. The minimum atomic E-state index is -4.52. The molecule has 0 atom stereocenters. The number of ketones is 1. The molecule has 1 saturated heterocycles. The highest BCUT2D eigenvalue weighted by Crippen LogP contribution is 2.35. The van der Waals surface area contributed by atoms with Crippen molar-refractivity contribution in [3.05, 3.63) is 65.4 Å². The van der Waals surface area contributed by atoms with Gasteiger partial charge in [-0.05, 0) is 44.0 Å². The number of nitrogens with one attached hydrogen (secondary N) is 1. The summed E-state index contributed by atoms with van der Waals surface area (Å²) in [6, 6.07) is 7.62. The SMILES string of the molecule is Cc1c(C(=O)Nc2ccc(C3(C#N)CCN(C(=O)C(=O)C(C)(C)C)CC3)nc2)cnn1-c1ccc(C(F)(F)F)cn1. The van der Waals surface area contributed by atoms with E-state index in [1.807, 2.05) is 0 Å². The van der Waals surface area contributed by atoms with Gasteiger partial charge in [0, 0.05) is 24.7 Å². The highest BCUT2D eigenvalue weighted by Gasteiger charge is 2.41. The van der Waals surface area contributed by atoms with Crippen LogP contribution in [-0.2, 0) is 21.2 Å². The molecule has 0 unspecified atom stereocenters.